The van der Waals surface area contributed by atoms with Crippen LogP contribution < -0.4 is 5.32 Å². The molecule has 4 heteroatoms. The Morgan fingerprint density at radius 2 is 2.00 bits per heavy atom. The van der Waals surface area contributed by atoms with Crippen LogP contribution in [-0.2, 0) is 4.79 Å². The van der Waals surface area contributed by atoms with Crippen LogP contribution in [0.4, 0.5) is 0 Å². The van der Waals surface area contributed by atoms with Gasteiger partial charge in [-0.3, -0.25) is 9.69 Å². The maximum absolute atomic E-state index is 12.4. The van der Waals surface area contributed by atoms with E-state index >= 15 is 0 Å². The quantitative estimate of drug-likeness (QED) is 0.823. The van der Waals surface area contributed by atoms with Crippen molar-refractivity contribution in [3.8, 4) is 0 Å². The second-order valence-electron chi connectivity index (χ2n) is 7.14. The number of amides is 1. The number of hydrogen-bond acceptors (Lipinski definition) is 3. The maximum Gasteiger partial charge on any atom is 0.236 e. The highest BCUT2D eigenvalue weighted by atomic mass is 16.2. The van der Waals surface area contributed by atoms with Crippen LogP contribution in [0.15, 0.2) is 0 Å². The van der Waals surface area contributed by atoms with E-state index in [4.69, 9.17) is 0 Å². The van der Waals surface area contributed by atoms with E-state index in [1.807, 2.05) is 0 Å². The van der Waals surface area contributed by atoms with E-state index < -0.39 is 0 Å². The minimum absolute atomic E-state index is 0.00551. The maximum atomic E-state index is 12.4. The summed E-state index contributed by atoms with van der Waals surface area (Å²) in [6, 6.07) is 0.951. The van der Waals surface area contributed by atoms with Crippen LogP contribution in [0.1, 0.15) is 47.0 Å². The first-order valence-electron chi connectivity index (χ1n) is 7.65. The van der Waals surface area contributed by atoms with Gasteiger partial charge in [0, 0.05) is 30.7 Å². The van der Waals surface area contributed by atoms with Gasteiger partial charge in [0.1, 0.15) is 0 Å². The number of carbonyl (C=O) groups is 1. The van der Waals surface area contributed by atoms with Gasteiger partial charge in [0.05, 0.1) is 6.54 Å². The summed E-state index contributed by atoms with van der Waals surface area (Å²) in [6.45, 7) is 12.1. The van der Waals surface area contributed by atoms with Gasteiger partial charge in [-0.1, -0.05) is 6.42 Å². The van der Waals surface area contributed by atoms with Crippen LogP contribution in [0.25, 0.3) is 0 Å². The summed E-state index contributed by atoms with van der Waals surface area (Å²) in [5.74, 6) is 0.257. The third-order valence-electron chi connectivity index (χ3n) is 4.28. The number of nitrogens with one attached hydrogen (secondary N) is 1. The number of hydrogen-bond donors (Lipinski definition) is 1. The average molecular weight is 267 g/mol. The van der Waals surface area contributed by atoms with E-state index in [0.29, 0.717) is 18.6 Å². The fraction of sp³-hybridized carbons (Fsp3) is 0.933. The predicted octanol–water partition coefficient (Wildman–Crippen LogP) is 1.46. The monoisotopic (exact) mass is 267 g/mol. The number of nitrogens with zero attached hydrogens (tertiary/aromatic N) is 2. The van der Waals surface area contributed by atoms with Gasteiger partial charge in [-0.25, -0.2) is 0 Å². The SMILES string of the molecule is CC1CN2CCCCC2CN1C(=O)CNC(C)(C)C. The van der Waals surface area contributed by atoms with Gasteiger partial charge in [0.25, 0.3) is 0 Å². The highest BCUT2D eigenvalue weighted by molar-refractivity contribution is 5.78. The Kier molecular flexibility index (Phi) is 4.51. The Hall–Kier alpha value is -0.610. The molecule has 19 heavy (non-hydrogen) atoms. The van der Waals surface area contributed by atoms with Crippen LogP contribution in [0, 0.1) is 0 Å². The Morgan fingerprint density at radius 1 is 1.26 bits per heavy atom. The summed E-state index contributed by atoms with van der Waals surface area (Å²) in [5, 5.41) is 3.31. The Labute approximate surface area is 117 Å². The molecule has 0 aliphatic carbocycles. The summed E-state index contributed by atoms with van der Waals surface area (Å²) in [5.41, 5.74) is 0.00551. The van der Waals surface area contributed by atoms with Crippen molar-refractivity contribution in [2.24, 2.45) is 0 Å². The van der Waals surface area contributed by atoms with E-state index in [2.05, 4.69) is 42.8 Å². The summed E-state index contributed by atoms with van der Waals surface area (Å²) >= 11 is 0. The topological polar surface area (TPSA) is 35.6 Å². The molecule has 2 saturated heterocycles. The molecule has 2 aliphatic heterocycles. The van der Waals surface area contributed by atoms with Crippen molar-refractivity contribution < 1.29 is 4.79 Å². The zero-order valence-electron chi connectivity index (χ0n) is 12.9. The molecule has 4 nitrogen and oxygen atoms in total. The highest BCUT2D eigenvalue weighted by Gasteiger charge is 2.35. The third-order valence-corrected chi connectivity index (χ3v) is 4.28. The van der Waals surface area contributed by atoms with Crippen LogP contribution in [-0.4, -0.2) is 59.5 Å². The summed E-state index contributed by atoms with van der Waals surface area (Å²) in [4.78, 5) is 17.0. The first-order valence-corrected chi connectivity index (χ1v) is 7.65. The molecule has 110 valence electrons. The number of rotatable bonds is 2. The molecule has 0 saturated carbocycles. The lowest BCUT2D eigenvalue weighted by molar-refractivity contribution is -0.137. The normalized spacial score (nSPS) is 29.2. The molecule has 0 aromatic carbocycles. The van der Waals surface area contributed by atoms with Gasteiger partial charge in [0.2, 0.25) is 5.91 Å². The van der Waals surface area contributed by atoms with Crippen molar-refractivity contribution in [3.63, 3.8) is 0 Å². The largest absolute Gasteiger partial charge is 0.336 e. The number of carbonyl (C=O) groups excluding carboxylic acids is 1. The Balaban J connectivity index is 1.90. The fourth-order valence-electron chi connectivity index (χ4n) is 3.14. The van der Waals surface area contributed by atoms with E-state index in [9.17, 15) is 4.79 Å². The van der Waals surface area contributed by atoms with E-state index in [1.165, 1.54) is 25.8 Å². The third kappa shape index (κ3) is 3.93. The summed E-state index contributed by atoms with van der Waals surface area (Å²) < 4.78 is 0. The molecule has 2 fully saturated rings. The van der Waals surface area contributed by atoms with Gasteiger partial charge in [-0.05, 0) is 47.1 Å². The summed E-state index contributed by atoms with van der Waals surface area (Å²) in [6.07, 6.45) is 3.89. The average Bonchev–Trinajstić information content (AvgIpc) is 2.34. The number of fused-ring (bicyclic) bond motifs is 1. The molecule has 2 heterocycles. The predicted molar refractivity (Wildman–Crippen MR) is 78.1 cm³/mol. The smallest absolute Gasteiger partial charge is 0.236 e. The van der Waals surface area contributed by atoms with Crippen LogP contribution >= 0.6 is 0 Å². The van der Waals surface area contributed by atoms with Gasteiger partial charge >= 0.3 is 0 Å². The molecule has 0 aromatic heterocycles. The molecule has 2 unspecified atom stereocenters. The minimum atomic E-state index is 0.00551. The van der Waals surface area contributed by atoms with Crippen molar-refractivity contribution in [3.05, 3.63) is 0 Å². The molecule has 1 N–H and O–H groups in total. The van der Waals surface area contributed by atoms with Crippen LogP contribution in [0.5, 0.6) is 0 Å². The molecule has 0 aromatic rings. The van der Waals surface area contributed by atoms with E-state index in [1.54, 1.807) is 0 Å². The van der Waals surface area contributed by atoms with Crippen molar-refractivity contribution in [2.75, 3.05) is 26.2 Å². The second-order valence-corrected chi connectivity index (χ2v) is 7.14. The van der Waals surface area contributed by atoms with Crippen molar-refractivity contribution in [2.45, 2.75) is 64.6 Å². The molecule has 0 radical (unpaired) electrons. The standard InChI is InChI=1S/C15H29N3O/c1-12-10-17-8-6-5-7-13(17)11-18(12)14(19)9-16-15(2,3)4/h12-13,16H,5-11H2,1-4H3. The Morgan fingerprint density at radius 3 is 2.68 bits per heavy atom. The lowest BCUT2D eigenvalue weighted by Gasteiger charge is -2.47. The number of piperazine rings is 1. The van der Waals surface area contributed by atoms with Gasteiger partial charge in [-0.2, -0.15) is 0 Å². The second kappa shape index (κ2) is 5.80. The minimum Gasteiger partial charge on any atom is -0.336 e. The van der Waals surface area contributed by atoms with Gasteiger partial charge < -0.3 is 10.2 Å². The zero-order valence-corrected chi connectivity index (χ0v) is 12.9. The molecule has 2 atom stereocenters. The molecule has 2 aliphatic rings. The van der Waals surface area contributed by atoms with E-state index in [-0.39, 0.29) is 11.4 Å². The first-order chi connectivity index (χ1) is 8.87. The van der Waals surface area contributed by atoms with Gasteiger partial charge in [0.15, 0.2) is 0 Å². The number of piperidine rings is 1. The van der Waals surface area contributed by atoms with E-state index in [0.717, 1.165) is 13.1 Å². The van der Waals surface area contributed by atoms with Crippen molar-refractivity contribution >= 4 is 5.91 Å². The molecule has 1 amide bonds. The summed E-state index contributed by atoms with van der Waals surface area (Å²) in [7, 11) is 0. The zero-order chi connectivity index (χ0) is 14.0. The molecular formula is C15H29N3O. The van der Waals surface area contributed by atoms with Crippen molar-refractivity contribution in [1.29, 1.82) is 0 Å². The molecule has 0 bridgehead atoms. The van der Waals surface area contributed by atoms with Crippen molar-refractivity contribution in [1.82, 2.24) is 15.1 Å². The molecular weight excluding hydrogens is 238 g/mol. The van der Waals surface area contributed by atoms with Gasteiger partial charge in [-0.15, -0.1) is 0 Å². The van der Waals surface area contributed by atoms with Crippen LogP contribution in [0.3, 0.4) is 0 Å². The lowest BCUT2D eigenvalue weighted by Crippen LogP contribution is -2.61. The van der Waals surface area contributed by atoms with Crippen LogP contribution in [0.2, 0.25) is 0 Å². The fourth-order valence-corrected chi connectivity index (χ4v) is 3.14. The Bertz CT molecular complexity index is 324. The molecule has 0 spiro atoms. The first kappa shape index (κ1) is 14.8. The molecule has 2 rings (SSSR count). The highest BCUT2D eigenvalue weighted by Crippen LogP contribution is 2.23. The lowest BCUT2D eigenvalue weighted by atomic mass is 9.97.